The Balaban J connectivity index is 4.29. The molecule has 0 spiro atoms. The maximum atomic E-state index is 10.00. The average molecular weight is 210 g/mol. The van der Waals surface area contributed by atoms with Crippen LogP contribution in [0.5, 0.6) is 0 Å². The minimum Gasteiger partial charge on any atom is -0.394 e. The van der Waals surface area contributed by atoms with E-state index in [0.717, 1.165) is 0 Å². The molecule has 84 valence electrons. The number of rotatable bonds is 6. The molecule has 0 aromatic carbocycles. The zero-order valence-corrected chi connectivity index (χ0v) is 7.26. The van der Waals surface area contributed by atoms with Crippen LogP contribution in [0.25, 0.3) is 0 Å². The lowest BCUT2D eigenvalue weighted by Crippen LogP contribution is -2.50. The average Bonchev–Trinajstić information content (AvgIpc) is 2.23. The van der Waals surface area contributed by atoms with Crippen molar-refractivity contribution >= 4 is 6.29 Å². The van der Waals surface area contributed by atoms with Gasteiger partial charge >= 0.3 is 0 Å². The predicted molar refractivity (Wildman–Crippen MR) is 43.2 cm³/mol. The SMILES string of the molecule is O=C[C@H](O)[C@H](O)[C@H](O)[C@H](O)[C@H](O)CO. The van der Waals surface area contributed by atoms with Gasteiger partial charge in [0.25, 0.3) is 0 Å². The highest BCUT2D eigenvalue weighted by molar-refractivity contribution is 5.56. The van der Waals surface area contributed by atoms with E-state index in [4.69, 9.17) is 30.6 Å². The maximum absolute atomic E-state index is 10.00. The second kappa shape index (κ2) is 6.02. The van der Waals surface area contributed by atoms with Gasteiger partial charge in [-0.25, -0.2) is 0 Å². The molecule has 7 nitrogen and oxygen atoms in total. The quantitative estimate of drug-likeness (QED) is 0.245. The topological polar surface area (TPSA) is 138 Å². The summed E-state index contributed by atoms with van der Waals surface area (Å²) in [4.78, 5) is 10.00. The zero-order chi connectivity index (χ0) is 11.3. The number of aliphatic hydroxyl groups excluding tert-OH is 6. The van der Waals surface area contributed by atoms with E-state index in [1.54, 1.807) is 0 Å². The molecule has 0 aliphatic rings. The van der Waals surface area contributed by atoms with Crippen LogP contribution in [0, 0.1) is 0 Å². The number of carbonyl (C=O) groups excluding carboxylic acids is 1. The van der Waals surface area contributed by atoms with Crippen molar-refractivity contribution in [1.82, 2.24) is 0 Å². The Bertz CT molecular complexity index is 173. The van der Waals surface area contributed by atoms with E-state index in [9.17, 15) is 4.79 Å². The molecule has 0 saturated heterocycles. The highest BCUT2D eigenvalue weighted by atomic mass is 16.4. The lowest BCUT2D eigenvalue weighted by atomic mass is 10.0. The first-order valence-electron chi connectivity index (χ1n) is 3.92. The summed E-state index contributed by atoms with van der Waals surface area (Å²) in [6.07, 6.45) is -9.21. The molecule has 0 aromatic rings. The number of hydrogen-bond acceptors (Lipinski definition) is 7. The van der Waals surface area contributed by atoms with E-state index in [-0.39, 0.29) is 6.29 Å². The fourth-order valence-electron chi connectivity index (χ4n) is 0.820. The van der Waals surface area contributed by atoms with E-state index < -0.39 is 37.1 Å². The van der Waals surface area contributed by atoms with Gasteiger partial charge in [-0.2, -0.15) is 0 Å². The van der Waals surface area contributed by atoms with Gasteiger partial charge in [-0.15, -0.1) is 0 Å². The van der Waals surface area contributed by atoms with E-state index >= 15 is 0 Å². The highest BCUT2D eigenvalue weighted by Crippen LogP contribution is 2.07. The molecule has 5 atom stereocenters. The molecule has 0 aliphatic carbocycles. The molecule has 0 unspecified atom stereocenters. The van der Waals surface area contributed by atoms with E-state index in [2.05, 4.69) is 0 Å². The van der Waals surface area contributed by atoms with Gasteiger partial charge in [0.1, 0.15) is 30.5 Å². The van der Waals surface area contributed by atoms with Gasteiger partial charge in [-0.1, -0.05) is 0 Å². The Morgan fingerprint density at radius 1 is 0.929 bits per heavy atom. The minimum absolute atomic E-state index is 0.0219. The molecular weight excluding hydrogens is 196 g/mol. The Morgan fingerprint density at radius 3 is 1.79 bits per heavy atom. The van der Waals surface area contributed by atoms with Crippen LogP contribution >= 0.6 is 0 Å². The van der Waals surface area contributed by atoms with Gasteiger partial charge in [-0.3, -0.25) is 0 Å². The van der Waals surface area contributed by atoms with Crippen LogP contribution in [0.3, 0.4) is 0 Å². The smallest absolute Gasteiger partial charge is 0.151 e. The first-order valence-corrected chi connectivity index (χ1v) is 3.92. The molecule has 0 amide bonds. The van der Waals surface area contributed by atoms with Gasteiger partial charge in [0.05, 0.1) is 6.61 Å². The number of hydrogen-bond donors (Lipinski definition) is 6. The standard InChI is InChI=1S/C7H14O7/c8-1-3(10)5(12)7(14)6(13)4(11)2-9/h1,3-7,9-14H,2H2/t3-,4+,5-,6+,7-/m0/s1. The van der Waals surface area contributed by atoms with Crippen LogP contribution in [0.15, 0.2) is 0 Å². The first kappa shape index (κ1) is 13.4. The summed E-state index contributed by atoms with van der Waals surface area (Å²) in [6.45, 7) is -0.817. The molecule has 14 heavy (non-hydrogen) atoms. The second-order valence-electron chi connectivity index (χ2n) is 2.85. The third kappa shape index (κ3) is 3.29. The second-order valence-corrected chi connectivity index (χ2v) is 2.85. The maximum Gasteiger partial charge on any atom is 0.151 e. The summed E-state index contributed by atoms with van der Waals surface area (Å²) < 4.78 is 0. The third-order valence-corrected chi connectivity index (χ3v) is 1.77. The molecule has 0 aliphatic heterocycles. The molecule has 0 heterocycles. The van der Waals surface area contributed by atoms with Crippen molar-refractivity contribution < 1.29 is 35.4 Å². The minimum atomic E-state index is -1.92. The highest BCUT2D eigenvalue weighted by Gasteiger charge is 2.33. The zero-order valence-electron chi connectivity index (χ0n) is 7.26. The molecule has 0 fully saturated rings. The van der Waals surface area contributed by atoms with Gasteiger partial charge in [0.2, 0.25) is 0 Å². The summed E-state index contributed by atoms with van der Waals surface area (Å²) in [5.41, 5.74) is 0. The Hall–Kier alpha value is -0.570. The van der Waals surface area contributed by atoms with Crippen LogP contribution in [0.2, 0.25) is 0 Å². The van der Waals surface area contributed by atoms with Crippen LogP contribution in [-0.4, -0.2) is 74.1 Å². The fraction of sp³-hybridized carbons (Fsp3) is 0.857. The molecule has 0 saturated carbocycles. The molecule has 0 rings (SSSR count). The monoisotopic (exact) mass is 210 g/mol. The van der Waals surface area contributed by atoms with Crippen molar-refractivity contribution in [2.45, 2.75) is 30.5 Å². The van der Waals surface area contributed by atoms with Gasteiger partial charge in [0.15, 0.2) is 6.29 Å². The largest absolute Gasteiger partial charge is 0.394 e. The van der Waals surface area contributed by atoms with E-state index in [1.165, 1.54) is 0 Å². The summed E-state index contributed by atoms with van der Waals surface area (Å²) in [6, 6.07) is 0. The van der Waals surface area contributed by atoms with Crippen LogP contribution < -0.4 is 0 Å². The first-order chi connectivity index (χ1) is 6.45. The lowest BCUT2D eigenvalue weighted by molar-refractivity contribution is -0.147. The van der Waals surface area contributed by atoms with Crippen molar-refractivity contribution in [3.05, 3.63) is 0 Å². The van der Waals surface area contributed by atoms with Gasteiger partial charge < -0.3 is 35.4 Å². The number of aldehydes is 1. The van der Waals surface area contributed by atoms with Crippen molar-refractivity contribution in [2.75, 3.05) is 6.61 Å². The summed E-state index contributed by atoms with van der Waals surface area (Å²) >= 11 is 0. The van der Waals surface area contributed by atoms with Crippen molar-refractivity contribution in [1.29, 1.82) is 0 Å². The molecular formula is C7H14O7. The summed E-state index contributed by atoms with van der Waals surface area (Å²) in [7, 11) is 0. The number of carbonyl (C=O) groups is 1. The normalized spacial score (nSPS) is 22.1. The molecule has 0 aromatic heterocycles. The Kier molecular flexibility index (Phi) is 5.77. The fourth-order valence-corrected chi connectivity index (χ4v) is 0.820. The molecule has 7 heteroatoms. The van der Waals surface area contributed by atoms with E-state index in [1.807, 2.05) is 0 Å². The Labute approximate surface area is 79.9 Å². The van der Waals surface area contributed by atoms with Crippen LogP contribution in [0.1, 0.15) is 0 Å². The summed E-state index contributed by atoms with van der Waals surface area (Å²) in [5.74, 6) is 0. The predicted octanol–water partition coefficient (Wildman–Crippen LogP) is -4.02. The van der Waals surface area contributed by atoms with Gasteiger partial charge in [-0.05, 0) is 0 Å². The van der Waals surface area contributed by atoms with Crippen LogP contribution in [-0.2, 0) is 4.79 Å². The van der Waals surface area contributed by atoms with E-state index in [0.29, 0.717) is 0 Å². The Morgan fingerprint density at radius 2 is 1.43 bits per heavy atom. The number of aliphatic hydroxyl groups is 6. The molecule has 0 radical (unpaired) electrons. The summed E-state index contributed by atoms with van der Waals surface area (Å²) in [5, 5.41) is 53.2. The lowest BCUT2D eigenvalue weighted by Gasteiger charge is -2.26. The molecule has 0 bridgehead atoms. The third-order valence-electron chi connectivity index (χ3n) is 1.77. The van der Waals surface area contributed by atoms with Crippen molar-refractivity contribution in [2.24, 2.45) is 0 Å². The molecule has 6 N–H and O–H groups in total. The van der Waals surface area contributed by atoms with Gasteiger partial charge in [0, 0.05) is 0 Å². The van der Waals surface area contributed by atoms with Crippen LogP contribution in [0.4, 0.5) is 0 Å². The van der Waals surface area contributed by atoms with Crippen molar-refractivity contribution in [3.8, 4) is 0 Å². The van der Waals surface area contributed by atoms with Crippen molar-refractivity contribution in [3.63, 3.8) is 0 Å².